The van der Waals surface area contributed by atoms with Gasteiger partial charge in [-0.05, 0) is 37.5 Å². The van der Waals surface area contributed by atoms with E-state index in [2.05, 4.69) is 10.3 Å². The summed E-state index contributed by atoms with van der Waals surface area (Å²) in [6.07, 6.45) is 4.96. The highest BCUT2D eigenvalue weighted by Crippen LogP contribution is 2.30. The second kappa shape index (κ2) is 6.65. The van der Waals surface area contributed by atoms with Gasteiger partial charge in [0.1, 0.15) is 6.26 Å². The molecule has 0 aliphatic carbocycles. The van der Waals surface area contributed by atoms with Gasteiger partial charge < -0.3 is 19.7 Å². The molecule has 1 aromatic carbocycles. The number of carbonyl (C=O) groups excluding carboxylic acids is 1. The van der Waals surface area contributed by atoms with Crippen LogP contribution in [0.4, 0.5) is 10.5 Å². The Labute approximate surface area is 141 Å². The highest BCUT2D eigenvalue weighted by atomic mass is 16.3. The van der Waals surface area contributed by atoms with E-state index < -0.39 is 0 Å². The molecule has 128 valence electrons. The number of nitrogens with zero attached hydrogens (tertiary/aromatic N) is 2. The zero-order valence-corrected chi connectivity index (χ0v) is 14.1. The van der Waals surface area contributed by atoms with Gasteiger partial charge in [0, 0.05) is 29.8 Å². The second-order valence-corrected chi connectivity index (χ2v) is 6.79. The van der Waals surface area contributed by atoms with Gasteiger partial charge in [-0.15, -0.1) is 0 Å². The molecular formula is C18H23N3O3. The number of rotatable bonds is 3. The molecule has 3 rings (SSSR count). The molecular weight excluding hydrogens is 306 g/mol. The van der Waals surface area contributed by atoms with Crippen LogP contribution in [0.15, 0.2) is 35.1 Å². The topological polar surface area (TPSA) is 78.6 Å². The number of oxazole rings is 1. The molecule has 1 aromatic heterocycles. The van der Waals surface area contributed by atoms with Crippen LogP contribution in [0.3, 0.4) is 0 Å². The summed E-state index contributed by atoms with van der Waals surface area (Å²) < 4.78 is 5.32. The number of amides is 2. The Morgan fingerprint density at radius 2 is 2.33 bits per heavy atom. The number of aliphatic hydroxyl groups is 1. The maximum Gasteiger partial charge on any atom is 0.321 e. The molecule has 0 spiro atoms. The van der Waals surface area contributed by atoms with Crippen LogP contribution in [0.5, 0.6) is 0 Å². The molecule has 2 amide bonds. The van der Waals surface area contributed by atoms with Gasteiger partial charge in [-0.25, -0.2) is 9.78 Å². The van der Waals surface area contributed by atoms with Crippen LogP contribution < -0.4 is 5.32 Å². The van der Waals surface area contributed by atoms with E-state index in [0.717, 1.165) is 29.7 Å². The SMILES string of the molecule is Cc1ccc(-c2ncco2)cc1NC(=O)N1CCCC(C)(CO)C1. The first kappa shape index (κ1) is 16.5. The van der Waals surface area contributed by atoms with Gasteiger partial charge in [0.15, 0.2) is 0 Å². The van der Waals surface area contributed by atoms with Gasteiger partial charge in [-0.1, -0.05) is 13.0 Å². The zero-order chi connectivity index (χ0) is 17.2. The van der Waals surface area contributed by atoms with Crippen molar-refractivity contribution >= 4 is 11.7 Å². The highest BCUT2D eigenvalue weighted by molar-refractivity contribution is 5.91. The molecule has 1 unspecified atom stereocenters. The summed E-state index contributed by atoms with van der Waals surface area (Å²) in [7, 11) is 0. The average molecular weight is 329 g/mol. The van der Waals surface area contributed by atoms with E-state index in [4.69, 9.17) is 4.42 Å². The molecule has 2 heterocycles. The van der Waals surface area contributed by atoms with Gasteiger partial charge in [-0.2, -0.15) is 0 Å². The van der Waals surface area contributed by atoms with E-state index in [1.54, 1.807) is 11.1 Å². The molecule has 6 nitrogen and oxygen atoms in total. The number of benzene rings is 1. The zero-order valence-electron chi connectivity index (χ0n) is 14.1. The van der Waals surface area contributed by atoms with Crippen molar-refractivity contribution in [1.29, 1.82) is 0 Å². The summed E-state index contributed by atoms with van der Waals surface area (Å²) >= 11 is 0. The van der Waals surface area contributed by atoms with Crippen molar-refractivity contribution in [2.75, 3.05) is 25.0 Å². The van der Waals surface area contributed by atoms with Crippen LogP contribution in [0, 0.1) is 12.3 Å². The Morgan fingerprint density at radius 1 is 1.50 bits per heavy atom. The lowest BCUT2D eigenvalue weighted by molar-refractivity contribution is 0.0648. The first-order valence-corrected chi connectivity index (χ1v) is 8.18. The number of anilines is 1. The van der Waals surface area contributed by atoms with Crippen molar-refractivity contribution in [3.05, 3.63) is 36.2 Å². The van der Waals surface area contributed by atoms with Gasteiger partial charge in [-0.3, -0.25) is 0 Å². The fraction of sp³-hybridized carbons (Fsp3) is 0.444. The molecule has 1 aliphatic heterocycles. The fourth-order valence-electron chi connectivity index (χ4n) is 3.07. The van der Waals surface area contributed by atoms with E-state index in [9.17, 15) is 9.90 Å². The quantitative estimate of drug-likeness (QED) is 0.906. The van der Waals surface area contributed by atoms with Crippen LogP contribution in [0.1, 0.15) is 25.3 Å². The Kier molecular flexibility index (Phi) is 4.57. The minimum absolute atomic E-state index is 0.0927. The molecule has 1 fully saturated rings. The van der Waals surface area contributed by atoms with Crippen LogP contribution in [0.2, 0.25) is 0 Å². The first-order valence-electron chi connectivity index (χ1n) is 8.18. The molecule has 1 atom stereocenters. The summed E-state index contributed by atoms with van der Waals surface area (Å²) in [5.41, 5.74) is 2.32. The Morgan fingerprint density at radius 3 is 3.04 bits per heavy atom. The van der Waals surface area contributed by atoms with Gasteiger partial charge in [0.05, 0.1) is 12.8 Å². The van der Waals surface area contributed by atoms with Crippen molar-refractivity contribution in [2.45, 2.75) is 26.7 Å². The highest BCUT2D eigenvalue weighted by Gasteiger charge is 2.32. The number of hydrogen-bond acceptors (Lipinski definition) is 4. The third-order valence-electron chi connectivity index (χ3n) is 4.61. The molecule has 24 heavy (non-hydrogen) atoms. The van der Waals surface area contributed by atoms with Crippen molar-refractivity contribution in [1.82, 2.24) is 9.88 Å². The number of aliphatic hydroxyl groups excluding tert-OH is 1. The minimum atomic E-state index is -0.218. The lowest BCUT2D eigenvalue weighted by Gasteiger charge is -2.39. The number of aromatic nitrogens is 1. The number of nitrogens with one attached hydrogen (secondary N) is 1. The largest absolute Gasteiger partial charge is 0.445 e. The Balaban J connectivity index is 1.75. The number of urea groups is 1. The van der Waals surface area contributed by atoms with Crippen molar-refractivity contribution in [3.8, 4) is 11.5 Å². The average Bonchev–Trinajstić information content (AvgIpc) is 3.11. The normalized spacial score (nSPS) is 20.9. The van der Waals surface area contributed by atoms with Crippen LogP contribution in [0.25, 0.3) is 11.5 Å². The molecule has 2 aromatic rings. The maximum absolute atomic E-state index is 12.6. The number of piperidine rings is 1. The van der Waals surface area contributed by atoms with Gasteiger partial charge >= 0.3 is 6.03 Å². The third kappa shape index (κ3) is 3.43. The molecule has 0 saturated carbocycles. The van der Waals surface area contributed by atoms with E-state index in [-0.39, 0.29) is 18.1 Å². The summed E-state index contributed by atoms with van der Waals surface area (Å²) in [6, 6.07) is 5.58. The summed E-state index contributed by atoms with van der Waals surface area (Å²) in [4.78, 5) is 18.5. The Bertz CT molecular complexity index is 714. The minimum Gasteiger partial charge on any atom is -0.445 e. The molecule has 1 aliphatic rings. The lowest BCUT2D eigenvalue weighted by Crippen LogP contribution is -2.48. The maximum atomic E-state index is 12.6. The predicted octanol–water partition coefficient (Wildman–Crippen LogP) is 3.28. The van der Waals surface area contributed by atoms with E-state index in [0.29, 0.717) is 19.0 Å². The first-order chi connectivity index (χ1) is 11.5. The summed E-state index contributed by atoms with van der Waals surface area (Å²) in [5.74, 6) is 0.524. The van der Waals surface area contributed by atoms with Crippen molar-refractivity contribution in [3.63, 3.8) is 0 Å². The van der Waals surface area contributed by atoms with Gasteiger partial charge in [0.2, 0.25) is 5.89 Å². The Hall–Kier alpha value is -2.34. The molecule has 6 heteroatoms. The van der Waals surface area contributed by atoms with E-state index in [1.165, 1.54) is 6.26 Å². The monoisotopic (exact) mass is 329 g/mol. The third-order valence-corrected chi connectivity index (χ3v) is 4.61. The van der Waals surface area contributed by atoms with E-state index >= 15 is 0 Å². The van der Waals surface area contributed by atoms with Crippen LogP contribution in [-0.2, 0) is 0 Å². The number of likely N-dealkylation sites (tertiary alicyclic amines) is 1. The molecule has 1 saturated heterocycles. The van der Waals surface area contributed by atoms with Crippen molar-refractivity contribution < 1.29 is 14.3 Å². The smallest absolute Gasteiger partial charge is 0.321 e. The summed E-state index contributed by atoms with van der Waals surface area (Å²) in [6.45, 7) is 5.33. The number of aryl methyl sites for hydroxylation is 1. The van der Waals surface area contributed by atoms with Crippen molar-refractivity contribution in [2.24, 2.45) is 5.41 Å². The number of carbonyl (C=O) groups is 1. The fourth-order valence-corrected chi connectivity index (χ4v) is 3.07. The molecule has 2 N–H and O–H groups in total. The molecule has 0 bridgehead atoms. The van der Waals surface area contributed by atoms with Crippen LogP contribution in [-0.4, -0.2) is 40.7 Å². The predicted molar refractivity (Wildman–Crippen MR) is 91.7 cm³/mol. The number of hydrogen-bond donors (Lipinski definition) is 2. The summed E-state index contributed by atoms with van der Waals surface area (Å²) in [5, 5.41) is 12.5. The second-order valence-electron chi connectivity index (χ2n) is 6.79. The van der Waals surface area contributed by atoms with E-state index in [1.807, 2.05) is 32.0 Å². The van der Waals surface area contributed by atoms with Gasteiger partial charge in [0.25, 0.3) is 0 Å². The standard InChI is InChI=1S/C18H23N3O3/c1-13-4-5-14(16-19-7-9-24-16)10-15(13)20-17(23)21-8-3-6-18(2,11-21)12-22/h4-5,7,9-10,22H,3,6,8,11-12H2,1-2H3,(H,20,23). The molecule has 0 radical (unpaired) electrons. The van der Waals surface area contributed by atoms with Crippen LogP contribution >= 0.6 is 0 Å². The lowest BCUT2D eigenvalue weighted by atomic mass is 9.83.